The van der Waals surface area contributed by atoms with E-state index in [2.05, 4.69) is 36.8 Å². The third-order valence-electron chi connectivity index (χ3n) is 6.20. The number of para-hydroxylation sites is 1. The highest BCUT2D eigenvalue weighted by molar-refractivity contribution is 7.99. The molecule has 7 nitrogen and oxygen atoms in total. The van der Waals surface area contributed by atoms with Gasteiger partial charge < -0.3 is 0 Å². The van der Waals surface area contributed by atoms with Crippen LogP contribution in [0.15, 0.2) is 53.1 Å². The van der Waals surface area contributed by atoms with Crippen molar-refractivity contribution in [3.8, 4) is 10.8 Å². The van der Waals surface area contributed by atoms with Crippen molar-refractivity contribution in [1.29, 1.82) is 0 Å². The molecule has 0 radical (unpaired) electrons. The van der Waals surface area contributed by atoms with Crippen molar-refractivity contribution >= 4 is 28.9 Å². The number of carbonyl (C=O) groups excluding carboxylic acids is 1. The molecular weight excluding hydrogens is 464 g/mol. The number of hydrogen-bond acceptors (Lipinski definition) is 7. The number of carbonyl (C=O) groups is 1. The predicted octanol–water partition coefficient (Wildman–Crippen LogP) is 5.09. The van der Waals surface area contributed by atoms with Crippen molar-refractivity contribution in [2.24, 2.45) is 0 Å². The standard InChI is InChI=1S/C25H28N6OS2/c1-18-15-21(19(2)30(18)24-26-11-14-33-24)22(32)17-34-25-28-27-23(16-29-12-7-4-8-13-29)31(25)20-9-5-3-6-10-20/h3,5-6,9-11,14-15H,4,7-8,12-13,16-17H2,1-2H3. The van der Waals surface area contributed by atoms with Crippen LogP contribution in [0.25, 0.3) is 10.8 Å². The van der Waals surface area contributed by atoms with Crippen molar-refractivity contribution in [2.75, 3.05) is 18.8 Å². The molecule has 1 fully saturated rings. The van der Waals surface area contributed by atoms with Crippen LogP contribution >= 0.6 is 23.1 Å². The van der Waals surface area contributed by atoms with E-state index in [0.29, 0.717) is 5.75 Å². The number of Topliss-reactive ketones (excluding diaryl/α,β-unsaturated/α-hetero) is 1. The summed E-state index contributed by atoms with van der Waals surface area (Å²) in [7, 11) is 0. The number of aromatic nitrogens is 5. The van der Waals surface area contributed by atoms with Gasteiger partial charge in [0.1, 0.15) is 0 Å². The highest BCUT2D eigenvalue weighted by atomic mass is 32.2. The number of likely N-dealkylation sites (tertiary alicyclic amines) is 1. The van der Waals surface area contributed by atoms with Gasteiger partial charge in [-0.3, -0.25) is 18.8 Å². The number of piperidine rings is 1. The Morgan fingerprint density at radius 2 is 1.85 bits per heavy atom. The number of nitrogens with zero attached hydrogens (tertiary/aromatic N) is 6. The average Bonchev–Trinajstić information content (AvgIpc) is 3.58. The molecule has 1 aliphatic rings. The van der Waals surface area contributed by atoms with E-state index < -0.39 is 0 Å². The van der Waals surface area contributed by atoms with Gasteiger partial charge in [0.05, 0.1) is 12.3 Å². The van der Waals surface area contributed by atoms with Gasteiger partial charge in [0.15, 0.2) is 21.9 Å². The van der Waals surface area contributed by atoms with Crippen LogP contribution in [0.4, 0.5) is 0 Å². The topological polar surface area (TPSA) is 68.8 Å². The molecule has 1 aliphatic heterocycles. The first-order chi connectivity index (χ1) is 16.6. The highest BCUT2D eigenvalue weighted by Gasteiger charge is 2.22. The summed E-state index contributed by atoms with van der Waals surface area (Å²) in [6.07, 6.45) is 5.55. The normalized spacial score (nSPS) is 14.5. The lowest BCUT2D eigenvalue weighted by Crippen LogP contribution is -2.30. The number of ketones is 1. The molecule has 34 heavy (non-hydrogen) atoms. The summed E-state index contributed by atoms with van der Waals surface area (Å²) in [5.74, 6) is 1.31. The summed E-state index contributed by atoms with van der Waals surface area (Å²) >= 11 is 3.01. The van der Waals surface area contributed by atoms with E-state index in [-0.39, 0.29) is 5.78 Å². The van der Waals surface area contributed by atoms with E-state index >= 15 is 0 Å². The second kappa shape index (κ2) is 10.2. The molecule has 0 saturated carbocycles. The maximum atomic E-state index is 13.2. The first-order valence-electron chi connectivity index (χ1n) is 11.6. The molecule has 0 N–H and O–H groups in total. The van der Waals surface area contributed by atoms with Crippen LogP contribution in [0, 0.1) is 13.8 Å². The molecule has 0 amide bonds. The van der Waals surface area contributed by atoms with Gasteiger partial charge in [-0.15, -0.1) is 21.5 Å². The highest BCUT2D eigenvalue weighted by Crippen LogP contribution is 2.27. The monoisotopic (exact) mass is 492 g/mol. The zero-order valence-corrected chi connectivity index (χ0v) is 21.1. The quantitative estimate of drug-likeness (QED) is 0.252. The van der Waals surface area contributed by atoms with E-state index in [1.54, 1.807) is 17.5 Å². The van der Waals surface area contributed by atoms with Crippen molar-refractivity contribution < 1.29 is 4.79 Å². The van der Waals surface area contributed by atoms with Crippen LogP contribution in [-0.2, 0) is 6.54 Å². The van der Waals surface area contributed by atoms with Gasteiger partial charge in [-0.05, 0) is 58.0 Å². The average molecular weight is 493 g/mol. The maximum absolute atomic E-state index is 13.2. The number of hydrogen-bond donors (Lipinski definition) is 0. The van der Waals surface area contributed by atoms with Crippen molar-refractivity contribution in [2.45, 2.75) is 44.8 Å². The van der Waals surface area contributed by atoms with Gasteiger partial charge in [0.25, 0.3) is 0 Å². The van der Waals surface area contributed by atoms with Crippen LogP contribution in [0.1, 0.15) is 46.8 Å². The molecule has 5 rings (SSSR count). The second-order valence-corrected chi connectivity index (χ2v) is 10.4. The van der Waals surface area contributed by atoms with Crippen molar-refractivity contribution in [1.82, 2.24) is 29.2 Å². The molecule has 0 atom stereocenters. The molecule has 0 bridgehead atoms. The Labute approximate surface area is 207 Å². The van der Waals surface area contributed by atoms with Crippen LogP contribution in [0.5, 0.6) is 0 Å². The van der Waals surface area contributed by atoms with Gasteiger partial charge in [-0.1, -0.05) is 36.4 Å². The van der Waals surface area contributed by atoms with E-state index in [1.807, 2.05) is 48.1 Å². The molecule has 1 aromatic carbocycles. The van der Waals surface area contributed by atoms with Crippen molar-refractivity contribution in [3.63, 3.8) is 0 Å². The Kier molecular flexibility index (Phi) is 6.94. The van der Waals surface area contributed by atoms with Gasteiger partial charge in [-0.2, -0.15) is 0 Å². The molecule has 0 unspecified atom stereocenters. The van der Waals surface area contributed by atoms with Gasteiger partial charge in [-0.25, -0.2) is 4.98 Å². The summed E-state index contributed by atoms with van der Waals surface area (Å²) in [4.78, 5) is 20.1. The Bertz CT molecular complexity index is 1260. The first kappa shape index (κ1) is 23.0. The third-order valence-corrected chi connectivity index (χ3v) is 7.89. The van der Waals surface area contributed by atoms with Gasteiger partial charge >= 0.3 is 0 Å². The maximum Gasteiger partial charge on any atom is 0.196 e. The zero-order valence-electron chi connectivity index (χ0n) is 19.5. The fourth-order valence-corrected chi connectivity index (χ4v) is 6.13. The van der Waals surface area contributed by atoms with E-state index in [1.165, 1.54) is 31.0 Å². The Balaban J connectivity index is 1.37. The SMILES string of the molecule is Cc1cc(C(=O)CSc2nnc(CN3CCCCC3)n2-c2ccccc2)c(C)n1-c1nccs1. The lowest BCUT2D eigenvalue weighted by molar-refractivity contribution is 0.102. The van der Waals surface area contributed by atoms with Crippen LogP contribution < -0.4 is 0 Å². The van der Waals surface area contributed by atoms with Crippen LogP contribution in [0.2, 0.25) is 0 Å². The predicted molar refractivity (Wildman–Crippen MR) is 136 cm³/mol. The summed E-state index contributed by atoms with van der Waals surface area (Å²) < 4.78 is 4.15. The molecule has 0 aliphatic carbocycles. The zero-order chi connectivity index (χ0) is 23.5. The van der Waals surface area contributed by atoms with E-state index in [0.717, 1.165) is 58.4 Å². The molecule has 176 valence electrons. The number of thiazole rings is 1. The lowest BCUT2D eigenvalue weighted by Gasteiger charge is -2.26. The number of benzene rings is 1. The van der Waals surface area contributed by atoms with Crippen LogP contribution in [0.3, 0.4) is 0 Å². The fourth-order valence-electron chi connectivity index (χ4n) is 4.52. The largest absolute Gasteiger partial charge is 0.296 e. The fraction of sp³-hybridized carbons (Fsp3) is 0.360. The lowest BCUT2D eigenvalue weighted by atomic mass is 10.1. The Morgan fingerprint density at radius 1 is 1.06 bits per heavy atom. The third kappa shape index (κ3) is 4.73. The molecule has 3 aromatic heterocycles. The minimum atomic E-state index is 0.0844. The Hall–Kier alpha value is -2.75. The number of aryl methyl sites for hydroxylation is 1. The Morgan fingerprint density at radius 3 is 2.59 bits per heavy atom. The minimum Gasteiger partial charge on any atom is -0.296 e. The van der Waals surface area contributed by atoms with Crippen LogP contribution in [-0.4, -0.2) is 53.8 Å². The van der Waals surface area contributed by atoms with E-state index in [9.17, 15) is 4.79 Å². The molecule has 0 spiro atoms. The van der Waals surface area contributed by atoms with E-state index in [4.69, 9.17) is 0 Å². The molecule has 9 heteroatoms. The molecule has 4 heterocycles. The van der Waals surface area contributed by atoms with Gasteiger partial charge in [0, 0.05) is 34.2 Å². The smallest absolute Gasteiger partial charge is 0.196 e. The summed E-state index contributed by atoms with van der Waals surface area (Å²) in [5, 5.41) is 12.6. The van der Waals surface area contributed by atoms with Crippen molar-refractivity contribution in [3.05, 3.63) is 70.8 Å². The second-order valence-electron chi connectivity index (χ2n) is 8.55. The first-order valence-corrected chi connectivity index (χ1v) is 13.4. The molecule has 1 saturated heterocycles. The van der Waals surface area contributed by atoms with Gasteiger partial charge in [0.2, 0.25) is 0 Å². The number of thioether (sulfide) groups is 1. The summed E-state index contributed by atoms with van der Waals surface area (Å²) in [5.41, 5.74) is 3.70. The minimum absolute atomic E-state index is 0.0844. The summed E-state index contributed by atoms with van der Waals surface area (Å²) in [6, 6.07) is 12.1. The molecule has 4 aromatic rings. The number of rotatable bonds is 8. The summed E-state index contributed by atoms with van der Waals surface area (Å²) in [6.45, 7) is 6.95. The molecular formula is C25H28N6OS2.